The first-order chi connectivity index (χ1) is 8.38. The van der Waals surface area contributed by atoms with Crippen molar-refractivity contribution < 1.29 is 5.11 Å². The number of fused-ring (bicyclic) bond motifs is 1. The molecule has 0 radical (unpaired) electrons. The lowest BCUT2D eigenvalue weighted by molar-refractivity contribution is 0.276. The molecule has 0 aliphatic rings. The average molecular weight is 226 g/mol. The van der Waals surface area contributed by atoms with Gasteiger partial charge in [-0.15, -0.1) is 0 Å². The van der Waals surface area contributed by atoms with Gasteiger partial charge in [-0.2, -0.15) is 0 Å². The Morgan fingerprint density at radius 2 is 2.06 bits per heavy atom. The lowest BCUT2D eigenvalue weighted by Crippen LogP contribution is -2.00. The molecule has 5 nitrogen and oxygen atoms in total. The molecule has 0 spiro atoms. The second-order valence-electron chi connectivity index (χ2n) is 3.63. The maximum Gasteiger partial charge on any atom is 0.157 e. The summed E-state index contributed by atoms with van der Waals surface area (Å²) in [5, 5.41) is 9.05. The van der Waals surface area contributed by atoms with Crippen LogP contribution in [0, 0.1) is 0 Å². The number of hydrogen-bond acceptors (Lipinski definition) is 4. The highest BCUT2D eigenvalue weighted by Crippen LogP contribution is 2.15. The van der Waals surface area contributed by atoms with Crippen LogP contribution < -0.4 is 0 Å². The van der Waals surface area contributed by atoms with E-state index >= 15 is 0 Å². The van der Waals surface area contributed by atoms with Gasteiger partial charge in [0.2, 0.25) is 0 Å². The molecule has 0 unspecified atom stereocenters. The number of aliphatic hydroxyl groups is 1. The second kappa shape index (κ2) is 3.95. The maximum atomic E-state index is 9.05. The summed E-state index contributed by atoms with van der Waals surface area (Å²) in [6.45, 7) is -0.118. The molecular weight excluding hydrogens is 216 g/mol. The molecule has 2 heterocycles. The molecule has 5 heteroatoms. The highest BCUT2D eigenvalue weighted by Gasteiger charge is 2.05. The molecule has 0 saturated heterocycles. The fourth-order valence-electron chi connectivity index (χ4n) is 1.73. The lowest BCUT2D eigenvalue weighted by atomic mass is 10.3. The number of aromatic nitrogens is 4. The zero-order valence-electron chi connectivity index (χ0n) is 8.98. The molecular formula is C12H10N4O. The summed E-state index contributed by atoms with van der Waals surface area (Å²) in [7, 11) is 0. The second-order valence-corrected chi connectivity index (χ2v) is 3.63. The summed E-state index contributed by atoms with van der Waals surface area (Å²) < 4.78 is 1.85. The van der Waals surface area contributed by atoms with Crippen molar-refractivity contribution in [3.8, 4) is 5.82 Å². The summed E-state index contributed by atoms with van der Waals surface area (Å²) in [4.78, 5) is 12.6. The fraction of sp³-hybridized carbons (Fsp3) is 0.0833. The minimum atomic E-state index is -0.118. The Bertz CT molecular complexity index is 662. The largest absolute Gasteiger partial charge is 0.390 e. The van der Waals surface area contributed by atoms with Crippen LogP contribution in [0.1, 0.15) is 5.69 Å². The Labute approximate surface area is 97.4 Å². The summed E-state index contributed by atoms with van der Waals surface area (Å²) >= 11 is 0. The van der Waals surface area contributed by atoms with E-state index in [4.69, 9.17) is 5.11 Å². The first kappa shape index (κ1) is 9.92. The van der Waals surface area contributed by atoms with E-state index in [0.717, 1.165) is 11.0 Å². The molecule has 0 fully saturated rings. The van der Waals surface area contributed by atoms with Crippen molar-refractivity contribution in [1.29, 1.82) is 0 Å². The fourth-order valence-corrected chi connectivity index (χ4v) is 1.73. The van der Waals surface area contributed by atoms with Gasteiger partial charge >= 0.3 is 0 Å². The van der Waals surface area contributed by atoms with Gasteiger partial charge in [0.05, 0.1) is 35.7 Å². The third-order valence-electron chi connectivity index (χ3n) is 2.53. The normalized spacial score (nSPS) is 10.9. The van der Waals surface area contributed by atoms with Crippen LogP contribution in [0.2, 0.25) is 0 Å². The van der Waals surface area contributed by atoms with E-state index in [0.29, 0.717) is 11.5 Å². The van der Waals surface area contributed by atoms with Crippen LogP contribution in [-0.4, -0.2) is 24.6 Å². The maximum absolute atomic E-state index is 9.05. The number of aliphatic hydroxyl groups excluding tert-OH is 1. The highest BCUT2D eigenvalue weighted by atomic mass is 16.3. The van der Waals surface area contributed by atoms with E-state index in [1.165, 1.54) is 0 Å². The first-order valence-electron chi connectivity index (χ1n) is 5.23. The van der Waals surface area contributed by atoms with E-state index < -0.39 is 0 Å². The minimum absolute atomic E-state index is 0.118. The lowest BCUT2D eigenvalue weighted by Gasteiger charge is -2.03. The third kappa shape index (κ3) is 1.66. The Kier molecular flexibility index (Phi) is 2.31. The molecule has 0 aliphatic heterocycles. The molecule has 1 aromatic carbocycles. The SMILES string of the molecule is OCc1cncc(-n2cnc3ccccc32)n1. The van der Waals surface area contributed by atoms with Crippen molar-refractivity contribution >= 4 is 11.0 Å². The van der Waals surface area contributed by atoms with Crippen molar-refractivity contribution in [3.05, 3.63) is 48.7 Å². The Hall–Kier alpha value is -2.27. The van der Waals surface area contributed by atoms with E-state index in [-0.39, 0.29) is 6.61 Å². The monoisotopic (exact) mass is 226 g/mol. The molecule has 0 saturated carbocycles. The predicted octanol–water partition coefficient (Wildman–Crippen LogP) is 1.31. The van der Waals surface area contributed by atoms with Crippen LogP contribution in [0.5, 0.6) is 0 Å². The summed E-state index contributed by atoms with van der Waals surface area (Å²) in [6.07, 6.45) is 4.89. The van der Waals surface area contributed by atoms with Gasteiger partial charge in [0, 0.05) is 0 Å². The number of para-hydroxylation sites is 2. The summed E-state index contributed by atoms with van der Waals surface area (Å²) in [5.74, 6) is 0.658. The number of nitrogens with zero attached hydrogens (tertiary/aromatic N) is 4. The van der Waals surface area contributed by atoms with E-state index in [1.807, 2.05) is 28.8 Å². The average Bonchev–Trinajstić information content (AvgIpc) is 2.82. The third-order valence-corrected chi connectivity index (χ3v) is 2.53. The summed E-state index contributed by atoms with van der Waals surface area (Å²) in [6, 6.07) is 7.80. The van der Waals surface area contributed by atoms with Crippen LogP contribution in [0.3, 0.4) is 0 Å². The van der Waals surface area contributed by atoms with E-state index in [2.05, 4.69) is 15.0 Å². The van der Waals surface area contributed by atoms with Crippen LogP contribution >= 0.6 is 0 Å². The standard InChI is InChI=1S/C12H10N4O/c17-7-9-5-13-6-12(15-9)16-8-14-10-3-1-2-4-11(10)16/h1-6,8,17H,7H2. The quantitative estimate of drug-likeness (QED) is 0.715. The van der Waals surface area contributed by atoms with Crippen LogP contribution in [0.15, 0.2) is 43.0 Å². The van der Waals surface area contributed by atoms with Crippen molar-refractivity contribution in [3.63, 3.8) is 0 Å². The van der Waals surface area contributed by atoms with Gasteiger partial charge < -0.3 is 5.11 Å². The molecule has 84 valence electrons. The molecule has 1 N–H and O–H groups in total. The zero-order chi connectivity index (χ0) is 11.7. The Morgan fingerprint density at radius 3 is 2.94 bits per heavy atom. The topological polar surface area (TPSA) is 63.8 Å². The number of rotatable bonds is 2. The van der Waals surface area contributed by atoms with Crippen molar-refractivity contribution in [1.82, 2.24) is 19.5 Å². The van der Waals surface area contributed by atoms with Gasteiger partial charge in [-0.25, -0.2) is 9.97 Å². The number of benzene rings is 1. The molecule has 0 bridgehead atoms. The zero-order valence-corrected chi connectivity index (χ0v) is 8.98. The predicted molar refractivity (Wildman–Crippen MR) is 62.6 cm³/mol. The van der Waals surface area contributed by atoms with Gasteiger partial charge in [-0.1, -0.05) is 12.1 Å². The van der Waals surface area contributed by atoms with Crippen molar-refractivity contribution in [2.75, 3.05) is 0 Å². The van der Waals surface area contributed by atoms with E-state index in [1.54, 1.807) is 18.7 Å². The van der Waals surface area contributed by atoms with Gasteiger partial charge in [0.25, 0.3) is 0 Å². The van der Waals surface area contributed by atoms with E-state index in [9.17, 15) is 0 Å². The number of hydrogen-bond donors (Lipinski definition) is 1. The number of imidazole rings is 1. The van der Waals surface area contributed by atoms with Gasteiger partial charge in [-0.05, 0) is 12.1 Å². The molecule has 2 aromatic heterocycles. The van der Waals surface area contributed by atoms with Crippen molar-refractivity contribution in [2.45, 2.75) is 6.61 Å². The molecule has 3 aromatic rings. The smallest absolute Gasteiger partial charge is 0.157 e. The van der Waals surface area contributed by atoms with Crippen LogP contribution in [0.25, 0.3) is 16.9 Å². The van der Waals surface area contributed by atoms with Gasteiger partial charge in [-0.3, -0.25) is 9.55 Å². The Balaban J connectivity index is 2.20. The van der Waals surface area contributed by atoms with Crippen molar-refractivity contribution in [2.24, 2.45) is 0 Å². The summed E-state index contributed by atoms with van der Waals surface area (Å²) in [5.41, 5.74) is 2.42. The molecule has 17 heavy (non-hydrogen) atoms. The molecule has 3 rings (SSSR count). The first-order valence-corrected chi connectivity index (χ1v) is 5.23. The highest BCUT2D eigenvalue weighted by molar-refractivity contribution is 5.76. The minimum Gasteiger partial charge on any atom is -0.390 e. The molecule has 0 atom stereocenters. The van der Waals surface area contributed by atoms with Crippen LogP contribution in [0.4, 0.5) is 0 Å². The Morgan fingerprint density at radius 1 is 1.18 bits per heavy atom. The van der Waals surface area contributed by atoms with Gasteiger partial charge in [0.15, 0.2) is 5.82 Å². The van der Waals surface area contributed by atoms with Crippen LogP contribution in [-0.2, 0) is 6.61 Å². The van der Waals surface area contributed by atoms with Gasteiger partial charge in [0.1, 0.15) is 6.33 Å². The molecule has 0 aliphatic carbocycles. The molecule has 0 amide bonds.